The molecule has 0 aromatic heterocycles. The van der Waals surface area contributed by atoms with E-state index in [1.54, 1.807) is 18.3 Å². The zero-order valence-electron chi connectivity index (χ0n) is 8.78. The number of nitrogens with zero attached hydrogens (tertiary/aromatic N) is 2. The summed E-state index contributed by atoms with van der Waals surface area (Å²) in [5.41, 5.74) is 0.737. The Kier molecular flexibility index (Phi) is 5.98. The van der Waals surface area contributed by atoms with E-state index in [0.717, 1.165) is 5.56 Å². The van der Waals surface area contributed by atoms with E-state index < -0.39 is 0 Å². The Morgan fingerprint density at radius 3 is 2.76 bits per heavy atom. The fourth-order valence-corrected chi connectivity index (χ4v) is 1.46. The fraction of sp³-hybridized carbons (Fsp3) is 0. The molecule has 0 N–H and O–H groups in total. The molecule has 17 heavy (non-hydrogen) atoms. The zero-order chi connectivity index (χ0) is 12.7. The van der Waals surface area contributed by atoms with Crippen molar-refractivity contribution in [3.05, 3.63) is 58.9 Å². The minimum Gasteiger partial charge on any atom is -0.264 e. The highest BCUT2D eigenvalue weighted by Gasteiger charge is 2.00. The van der Waals surface area contributed by atoms with Crippen molar-refractivity contribution in [3.63, 3.8) is 0 Å². The summed E-state index contributed by atoms with van der Waals surface area (Å²) in [7, 11) is 0. The molecule has 0 spiro atoms. The minimum atomic E-state index is 0.300. The summed E-state index contributed by atoms with van der Waals surface area (Å²) in [5.74, 6) is 0. The van der Waals surface area contributed by atoms with E-state index in [4.69, 9.17) is 34.8 Å². The average molecular weight is 288 g/mol. The number of rotatable bonds is 4. The lowest BCUT2D eigenvalue weighted by Crippen LogP contribution is -1.83. The molecule has 0 aliphatic rings. The molecule has 0 heterocycles. The van der Waals surface area contributed by atoms with Gasteiger partial charge in [-0.15, -0.1) is 0 Å². The molecule has 0 amide bonds. The van der Waals surface area contributed by atoms with E-state index in [2.05, 4.69) is 16.6 Å². The topological polar surface area (TPSA) is 24.7 Å². The van der Waals surface area contributed by atoms with Gasteiger partial charge in [0.15, 0.2) is 0 Å². The average Bonchev–Trinajstić information content (AvgIpc) is 2.30. The Bertz CT molecular complexity index is 491. The number of aliphatic imine (C=N–C) groups is 2. The van der Waals surface area contributed by atoms with E-state index in [-0.39, 0.29) is 0 Å². The molecule has 1 rings (SSSR count). The van der Waals surface area contributed by atoms with Crippen LogP contribution in [-0.2, 0) is 0 Å². The van der Waals surface area contributed by atoms with Gasteiger partial charge in [-0.05, 0) is 12.1 Å². The van der Waals surface area contributed by atoms with Crippen molar-refractivity contribution in [2.75, 3.05) is 0 Å². The Labute approximate surface area is 115 Å². The highest BCUT2D eigenvalue weighted by molar-refractivity contribution is 6.68. The zero-order valence-corrected chi connectivity index (χ0v) is 11.0. The summed E-state index contributed by atoms with van der Waals surface area (Å²) in [5, 5.41) is 1.26. The molecule has 0 radical (unpaired) electrons. The number of hydrogen-bond donors (Lipinski definition) is 0. The molecule has 0 unspecified atom stereocenters. The van der Waals surface area contributed by atoms with Gasteiger partial charge in [-0.25, -0.2) is 4.99 Å². The molecule has 0 atom stereocenters. The number of allylic oxidation sites excluding steroid dienone is 1. The van der Waals surface area contributed by atoms with Gasteiger partial charge in [0.1, 0.15) is 5.17 Å². The Morgan fingerprint density at radius 1 is 1.29 bits per heavy atom. The van der Waals surface area contributed by atoms with Crippen LogP contribution in [0.25, 0.3) is 0 Å². The molecular weight excluding hydrogens is 279 g/mol. The second-order valence-corrected chi connectivity index (χ2v) is 4.04. The molecule has 0 fully saturated rings. The predicted octanol–water partition coefficient (Wildman–Crippen LogP) is 4.71. The first kappa shape index (κ1) is 14.0. The minimum absolute atomic E-state index is 0.300. The summed E-state index contributed by atoms with van der Waals surface area (Å²) >= 11 is 17.5. The molecule has 1 aromatic carbocycles. The largest absolute Gasteiger partial charge is 0.264 e. The summed E-state index contributed by atoms with van der Waals surface area (Å²) in [6.45, 7) is 3.42. The summed E-state index contributed by atoms with van der Waals surface area (Å²) in [6.07, 6.45) is 5.98. The molecule has 5 heteroatoms. The lowest BCUT2D eigenvalue weighted by molar-refractivity contribution is 1.56. The molecule has 2 nitrogen and oxygen atoms in total. The second-order valence-electron chi connectivity index (χ2n) is 2.87. The van der Waals surface area contributed by atoms with Crippen molar-refractivity contribution in [2.45, 2.75) is 0 Å². The molecule has 0 bridgehead atoms. The van der Waals surface area contributed by atoms with Gasteiger partial charge in [0, 0.05) is 24.2 Å². The highest BCUT2D eigenvalue weighted by Crippen LogP contribution is 2.24. The maximum atomic E-state index is 5.97. The predicted molar refractivity (Wildman–Crippen MR) is 76.7 cm³/mol. The standard InChI is InChI=1S/C12H9Cl3N2/c1-2-17-11(14)6-7-16-8-9-4-3-5-10(13)12(9)15/h2-8H,1H2/b7-6+,16-8+,17-11+. The van der Waals surface area contributed by atoms with Crippen molar-refractivity contribution in [1.29, 1.82) is 0 Å². The molecule has 88 valence electrons. The SMILES string of the molecule is C=C\N=C(Cl)/C=C/N=C/c1cccc(Cl)c1Cl. The molecular formula is C12H9Cl3N2. The molecule has 1 aromatic rings. The summed E-state index contributed by atoms with van der Waals surface area (Å²) in [4.78, 5) is 7.76. The lowest BCUT2D eigenvalue weighted by atomic mass is 10.2. The van der Waals surface area contributed by atoms with Crippen LogP contribution in [0, 0.1) is 0 Å². The van der Waals surface area contributed by atoms with Crippen LogP contribution in [0.4, 0.5) is 0 Å². The molecule has 0 aliphatic heterocycles. The third-order valence-corrected chi connectivity index (χ3v) is 2.76. The van der Waals surface area contributed by atoms with Crippen LogP contribution in [0.2, 0.25) is 10.0 Å². The van der Waals surface area contributed by atoms with Crippen molar-refractivity contribution >= 4 is 46.2 Å². The van der Waals surface area contributed by atoms with Crippen molar-refractivity contribution in [2.24, 2.45) is 9.98 Å². The monoisotopic (exact) mass is 286 g/mol. The van der Waals surface area contributed by atoms with Gasteiger partial charge in [-0.1, -0.05) is 53.5 Å². The number of halogens is 3. The number of hydrogen-bond acceptors (Lipinski definition) is 2. The third-order valence-electron chi connectivity index (χ3n) is 1.71. The first-order valence-electron chi connectivity index (χ1n) is 4.63. The van der Waals surface area contributed by atoms with Crippen molar-refractivity contribution in [3.8, 4) is 0 Å². The van der Waals surface area contributed by atoms with Crippen LogP contribution in [-0.4, -0.2) is 11.4 Å². The summed E-state index contributed by atoms with van der Waals surface area (Å²) < 4.78 is 0. The maximum absolute atomic E-state index is 5.97. The van der Waals surface area contributed by atoms with E-state index in [1.807, 2.05) is 6.07 Å². The number of benzene rings is 1. The van der Waals surface area contributed by atoms with Gasteiger partial charge in [-0.2, -0.15) is 0 Å². The third kappa shape index (κ3) is 4.73. The maximum Gasteiger partial charge on any atom is 0.130 e. The first-order chi connectivity index (χ1) is 8.15. The van der Waals surface area contributed by atoms with Crippen LogP contribution < -0.4 is 0 Å². The van der Waals surface area contributed by atoms with Gasteiger partial charge < -0.3 is 0 Å². The van der Waals surface area contributed by atoms with E-state index in [0.29, 0.717) is 15.2 Å². The van der Waals surface area contributed by atoms with E-state index >= 15 is 0 Å². The highest BCUT2D eigenvalue weighted by atomic mass is 35.5. The second kappa shape index (κ2) is 7.28. The Balaban J connectivity index is 2.75. The quantitative estimate of drug-likeness (QED) is 0.717. The van der Waals surface area contributed by atoms with Crippen molar-refractivity contribution in [1.82, 2.24) is 0 Å². The lowest BCUT2D eigenvalue weighted by Gasteiger charge is -1.98. The smallest absolute Gasteiger partial charge is 0.130 e. The Hall–Kier alpha value is -1.09. The van der Waals surface area contributed by atoms with Gasteiger partial charge >= 0.3 is 0 Å². The van der Waals surface area contributed by atoms with Gasteiger partial charge in [0.25, 0.3) is 0 Å². The van der Waals surface area contributed by atoms with Crippen LogP contribution in [0.5, 0.6) is 0 Å². The first-order valence-corrected chi connectivity index (χ1v) is 5.76. The molecule has 0 aliphatic carbocycles. The van der Waals surface area contributed by atoms with E-state index in [9.17, 15) is 0 Å². The normalized spacial score (nSPS) is 12.5. The van der Waals surface area contributed by atoms with Crippen molar-refractivity contribution < 1.29 is 0 Å². The van der Waals surface area contributed by atoms with Gasteiger partial charge in [-0.3, -0.25) is 4.99 Å². The van der Waals surface area contributed by atoms with E-state index in [1.165, 1.54) is 18.5 Å². The van der Waals surface area contributed by atoms with Crippen LogP contribution in [0.15, 0.2) is 53.2 Å². The van der Waals surface area contributed by atoms with Crippen LogP contribution in [0.1, 0.15) is 5.56 Å². The van der Waals surface area contributed by atoms with Crippen LogP contribution >= 0.6 is 34.8 Å². The summed E-state index contributed by atoms with van der Waals surface area (Å²) in [6, 6.07) is 5.32. The van der Waals surface area contributed by atoms with Gasteiger partial charge in [0.2, 0.25) is 0 Å². The Morgan fingerprint density at radius 2 is 2.06 bits per heavy atom. The van der Waals surface area contributed by atoms with Crippen LogP contribution in [0.3, 0.4) is 0 Å². The fourth-order valence-electron chi connectivity index (χ4n) is 0.978. The molecule has 0 saturated carbocycles. The van der Waals surface area contributed by atoms with Gasteiger partial charge in [0.05, 0.1) is 10.0 Å². The molecule has 0 saturated heterocycles.